The first-order chi connectivity index (χ1) is 12.7. The van der Waals surface area contributed by atoms with Crippen LogP contribution in [-0.2, 0) is 16.6 Å². The van der Waals surface area contributed by atoms with Crippen LogP contribution in [0.5, 0.6) is 0 Å². The predicted molar refractivity (Wildman–Crippen MR) is 105 cm³/mol. The quantitative estimate of drug-likeness (QED) is 0.775. The molecule has 0 spiro atoms. The van der Waals surface area contributed by atoms with Crippen LogP contribution in [0.25, 0.3) is 0 Å². The minimum Gasteiger partial charge on any atom is -0.355 e. The summed E-state index contributed by atoms with van der Waals surface area (Å²) in [5.41, 5.74) is 4.18. The highest BCUT2D eigenvalue weighted by atomic mass is 35.5. The van der Waals surface area contributed by atoms with Crippen molar-refractivity contribution in [3.63, 3.8) is 0 Å². The number of fused-ring (bicyclic) bond motifs is 1. The molecule has 0 bridgehead atoms. The summed E-state index contributed by atoms with van der Waals surface area (Å²) in [6.45, 7) is 0.680. The van der Waals surface area contributed by atoms with Gasteiger partial charge >= 0.3 is 0 Å². The molecule has 4 rings (SSSR count). The zero-order valence-electron chi connectivity index (χ0n) is 14.8. The van der Waals surface area contributed by atoms with E-state index in [-0.39, 0.29) is 17.2 Å². The van der Waals surface area contributed by atoms with Crippen LogP contribution in [-0.4, -0.2) is 22.4 Å². The van der Waals surface area contributed by atoms with Gasteiger partial charge in [-0.3, -0.25) is 4.79 Å². The summed E-state index contributed by atoms with van der Waals surface area (Å²) in [6.07, 6.45) is 10.7. The molecule has 6 heteroatoms. The molecule has 1 atom stereocenters. The van der Waals surface area contributed by atoms with E-state index in [1.165, 1.54) is 29.7 Å². The second-order valence-electron chi connectivity index (χ2n) is 7.54. The summed E-state index contributed by atoms with van der Waals surface area (Å²) in [5, 5.41) is 3.80. The molecule has 2 aliphatic rings. The van der Waals surface area contributed by atoms with Gasteiger partial charge in [-0.1, -0.05) is 36.9 Å². The van der Waals surface area contributed by atoms with Crippen LogP contribution in [0, 0.1) is 0 Å². The van der Waals surface area contributed by atoms with Crippen LogP contribution in [0.2, 0.25) is 5.15 Å². The maximum absolute atomic E-state index is 13.0. The Morgan fingerprint density at radius 3 is 2.85 bits per heavy atom. The van der Waals surface area contributed by atoms with Gasteiger partial charge in [-0.2, -0.15) is 0 Å². The van der Waals surface area contributed by atoms with Gasteiger partial charge in [-0.25, -0.2) is 9.97 Å². The normalized spacial score (nSPS) is 21.8. The molecule has 0 saturated heterocycles. The molecule has 1 saturated carbocycles. The molecule has 2 aromatic heterocycles. The zero-order chi connectivity index (χ0) is 18.0. The van der Waals surface area contributed by atoms with E-state index >= 15 is 0 Å². The van der Waals surface area contributed by atoms with E-state index in [4.69, 9.17) is 11.6 Å². The number of thiazole rings is 1. The Bertz CT molecular complexity index is 768. The molecule has 0 aliphatic heterocycles. The number of carbonyl (C=O) groups is 1. The van der Waals surface area contributed by atoms with Gasteiger partial charge in [0.05, 0.1) is 17.1 Å². The fraction of sp³-hybridized carbons (Fsp3) is 0.550. The number of aryl methyl sites for hydroxylation is 1. The number of rotatable bonds is 4. The number of carbonyl (C=O) groups excluding carboxylic acids is 1. The highest BCUT2D eigenvalue weighted by Crippen LogP contribution is 2.40. The van der Waals surface area contributed by atoms with Crippen molar-refractivity contribution in [3.05, 3.63) is 45.1 Å². The third-order valence-electron chi connectivity index (χ3n) is 5.96. The second kappa shape index (κ2) is 7.65. The van der Waals surface area contributed by atoms with E-state index in [0.29, 0.717) is 11.7 Å². The van der Waals surface area contributed by atoms with Gasteiger partial charge in [-0.05, 0) is 43.7 Å². The minimum atomic E-state index is -0.0322. The van der Waals surface area contributed by atoms with E-state index in [1.807, 2.05) is 17.8 Å². The molecule has 26 heavy (non-hydrogen) atoms. The number of aromatic nitrogens is 2. The van der Waals surface area contributed by atoms with Crippen molar-refractivity contribution in [3.8, 4) is 0 Å². The number of amides is 1. The van der Waals surface area contributed by atoms with Crippen molar-refractivity contribution >= 4 is 28.8 Å². The van der Waals surface area contributed by atoms with Crippen LogP contribution >= 0.6 is 22.9 Å². The maximum Gasteiger partial charge on any atom is 0.228 e. The molecule has 0 unspecified atom stereocenters. The largest absolute Gasteiger partial charge is 0.355 e. The van der Waals surface area contributed by atoms with E-state index in [2.05, 4.69) is 21.4 Å². The van der Waals surface area contributed by atoms with Gasteiger partial charge in [0.1, 0.15) is 5.15 Å². The molecule has 138 valence electrons. The molecule has 1 amide bonds. The SMILES string of the molecule is O=C(NCC1(c2ccc(Cl)nc2)CCCCC1)[C@@H]1CCCc2ncsc21. The van der Waals surface area contributed by atoms with E-state index in [1.54, 1.807) is 11.3 Å². The topological polar surface area (TPSA) is 54.9 Å². The van der Waals surface area contributed by atoms with Crippen molar-refractivity contribution in [1.29, 1.82) is 0 Å². The Morgan fingerprint density at radius 2 is 2.08 bits per heavy atom. The Balaban J connectivity index is 1.50. The van der Waals surface area contributed by atoms with Crippen molar-refractivity contribution < 1.29 is 4.79 Å². The Morgan fingerprint density at radius 1 is 1.23 bits per heavy atom. The van der Waals surface area contributed by atoms with Crippen molar-refractivity contribution in [1.82, 2.24) is 15.3 Å². The molecule has 2 heterocycles. The van der Waals surface area contributed by atoms with Gasteiger partial charge in [0.25, 0.3) is 0 Å². The van der Waals surface area contributed by atoms with Crippen LogP contribution in [0.15, 0.2) is 23.8 Å². The summed E-state index contributed by atoms with van der Waals surface area (Å²) < 4.78 is 0. The number of halogens is 1. The molecular weight excluding hydrogens is 366 g/mol. The first kappa shape index (κ1) is 17.9. The number of nitrogens with zero attached hydrogens (tertiary/aromatic N) is 2. The lowest BCUT2D eigenvalue weighted by molar-refractivity contribution is -0.123. The highest BCUT2D eigenvalue weighted by molar-refractivity contribution is 7.10. The molecular formula is C20H24ClN3OS. The van der Waals surface area contributed by atoms with Gasteiger partial charge in [0, 0.05) is 23.0 Å². The van der Waals surface area contributed by atoms with Crippen LogP contribution < -0.4 is 5.32 Å². The highest BCUT2D eigenvalue weighted by Gasteiger charge is 2.36. The van der Waals surface area contributed by atoms with Crippen molar-refractivity contribution in [2.75, 3.05) is 6.54 Å². The van der Waals surface area contributed by atoms with E-state index < -0.39 is 0 Å². The first-order valence-electron chi connectivity index (χ1n) is 9.50. The lowest BCUT2D eigenvalue weighted by Crippen LogP contribution is -2.44. The third kappa shape index (κ3) is 3.52. The number of hydrogen-bond acceptors (Lipinski definition) is 4. The van der Waals surface area contributed by atoms with Crippen molar-refractivity contribution in [2.24, 2.45) is 0 Å². The van der Waals surface area contributed by atoms with Crippen LogP contribution in [0.4, 0.5) is 0 Å². The standard InChI is InChI=1S/C20H24ClN3OS/c21-17-8-7-14(11-22-17)20(9-2-1-3-10-20)12-23-19(25)15-5-4-6-16-18(15)26-13-24-16/h7-8,11,13,15H,1-6,9-10,12H2,(H,23,25)/t15-/m1/s1. The Labute approximate surface area is 163 Å². The molecule has 4 nitrogen and oxygen atoms in total. The Kier molecular flexibility index (Phi) is 5.28. The average molecular weight is 390 g/mol. The second-order valence-corrected chi connectivity index (χ2v) is 8.81. The molecule has 1 fully saturated rings. The fourth-order valence-electron chi connectivity index (χ4n) is 4.47. The summed E-state index contributed by atoms with van der Waals surface area (Å²) in [6, 6.07) is 3.94. The summed E-state index contributed by atoms with van der Waals surface area (Å²) in [5.74, 6) is 0.123. The monoisotopic (exact) mass is 389 g/mol. The van der Waals surface area contributed by atoms with Crippen LogP contribution in [0.1, 0.15) is 67.0 Å². The fourth-order valence-corrected chi connectivity index (χ4v) is 5.55. The van der Waals surface area contributed by atoms with Gasteiger partial charge in [0.15, 0.2) is 0 Å². The Hall–Kier alpha value is -1.46. The lowest BCUT2D eigenvalue weighted by atomic mass is 9.69. The van der Waals surface area contributed by atoms with Crippen molar-refractivity contribution in [2.45, 2.75) is 62.7 Å². The third-order valence-corrected chi connectivity index (χ3v) is 7.17. The number of hydrogen-bond donors (Lipinski definition) is 1. The molecule has 2 aliphatic carbocycles. The number of pyridine rings is 1. The summed E-state index contributed by atoms with van der Waals surface area (Å²) >= 11 is 7.60. The van der Waals surface area contributed by atoms with Gasteiger partial charge in [-0.15, -0.1) is 11.3 Å². The zero-order valence-corrected chi connectivity index (χ0v) is 16.4. The van der Waals surface area contributed by atoms with Gasteiger partial charge < -0.3 is 5.32 Å². The van der Waals surface area contributed by atoms with Crippen LogP contribution in [0.3, 0.4) is 0 Å². The molecule has 2 aromatic rings. The first-order valence-corrected chi connectivity index (χ1v) is 10.8. The summed E-state index contributed by atoms with van der Waals surface area (Å²) in [7, 11) is 0. The minimum absolute atomic E-state index is 0.0172. The molecule has 1 N–H and O–H groups in total. The maximum atomic E-state index is 13.0. The smallest absolute Gasteiger partial charge is 0.228 e. The number of nitrogens with one attached hydrogen (secondary N) is 1. The van der Waals surface area contributed by atoms with Gasteiger partial charge in [0.2, 0.25) is 5.91 Å². The van der Waals surface area contributed by atoms with E-state index in [9.17, 15) is 4.79 Å². The van der Waals surface area contributed by atoms with E-state index in [0.717, 1.165) is 37.8 Å². The lowest BCUT2D eigenvalue weighted by Gasteiger charge is -2.38. The average Bonchev–Trinajstić information content (AvgIpc) is 3.16. The predicted octanol–water partition coefficient (Wildman–Crippen LogP) is 4.63. The molecule has 0 aromatic carbocycles. The summed E-state index contributed by atoms with van der Waals surface area (Å²) in [4.78, 5) is 22.8. The molecule has 0 radical (unpaired) electrons.